The summed E-state index contributed by atoms with van der Waals surface area (Å²) in [5.74, 6) is -0.210. The second-order valence-electron chi connectivity index (χ2n) is 7.90. The van der Waals surface area contributed by atoms with Crippen molar-refractivity contribution in [1.29, 1.82) is 0 Å². The number of amidine groups is 1. The quantitative estimate of drug-likeness (QED) is 0.591. The minimum atomic E-state index is -0.210. The highest BCUT2D eigenvalue weighted by molar-refractivity contribution is 8.13. The predicted molar refractivity (Wildman–Crippen MR) is 118 cm³/mol. The fourth-order valence-corrected chi connectivity index (χ4v) is 5.60. The van der Waals surface area contributed by atoms with E-state index in [1.165, 1.54) is 37.7 Å². The second kappa shape index (κ2) is 7.82. The molecule has 0 bridgehead atoms. The number of hydrogen-bond donors (Lipinski definition) is 1. The first-order valence-corrected chi connectivity index (χ1v) is 11.6. The largest absolute Gasteiger partial charge is 0.346 e. The minimum Gasteiger partial charge on any atom is -0.346 e. The van der Waals surface area contributed by atoms with Gasteiger partial charge in [-0.05, 0) is 54.5 Å². The summed E-state index contributed by atoms with van der Waals surface area (Å²) >= 11 is 1.72. The first-order chi connectivity index (χ1) is 14.3. The fraction of sp³-hybridized carbons (Fsp3) is 0.391. The van der Waals surface area contributed by atoms with Crippen molar-refractivity contribution in [2.75, 3.05) is 6.26 Å². The van der Waals surface area contributed by atoms with Crippen LogP contribution in [0.15, 0.2) is 53.8 Å². The van der Waals surface area contributed by atoms with Gasteiger partial charge in [-0.3, -0.25) is 4.99 Å². The van der Waals surface area contributed by atoms with Crippen LogP contribution in [-0.4, -0.2) is 32.3 Å². The van der Waals surface area contributed by atoms with E-state index in [4.69, 9.17) is 4.99 Å². The van der Waals surface area contributed by atoms with E-state index in [9.17, 15) is 4.39 Å². The summed E-state index contributed by atoms with van der Waals surface area (Å²) in [6, 6.07) is 11.6. The number of aromatic nitrogens is 2. The average molecular weight is 409 g/mol. The Labute approximate surface area is 174 Å². The summed E-state index contributed by atoms with van der Waals surface area (Å²) in [6.07, 6.45) is 12.2. The summed E-state index contributed by atoms with van der Waals surface area (Å²) in [7, 11) is 0. The van der Waals surface area contributed by atoms with Crippen LogP contribution in [0.3, 0.4) is 0 Å². The molecule has 1 aliphatic carbocycles. The molecule has 0 amide bonds. The van der Waals surface area contributed by atoms with E-state index in [2.05, 4.69) is 33.3 Å². The van der Waals surface area contributed by atoms with E-state index < -0.39 is 0 Å². The van der Waals surface area contributed by atoms with E-state index >= 15 is 0 Å². The number of aromatic amines is 1. The highest BCUT2D eigenvalue weighted by Gasteiger charge is 2.42. The van der Waals surface area contributed by atoms with E-state index in [0.717, 1.165) is 21.8 Å². The van der Waals surface area contributed by atoms with Crippen LogP contribution >= 0.6 is 11.8 Å². The van der Waals surface area contributed by atoms with Gasteiger partial charge in [0.2, 0.25) is 0 Å². The van der Waals surface area contributed by atoms with Gasteiger partial charge in [-0.1, -0.05) is 43.2 Å². The van der Waals surface area contributed by atoms with Gasteiger partial charge in [0.1, 0.15) is 17.5 Å². The molecule has 2 atom stereocenters. The molecule has 29 heavy (non-hydrogen) atoms. The lowest BCUT2D eigenvalue weighted by molar-refractivity contribution is 0.195. The van der Waals surface area contributed by atoms with Crippen molar-refractivity contribution in [2.45, 2.75) is 50.2 Å². The van der Waals surface area contributed by atoms with Crippen LogP contribution in [0.4, 0.5) is 4.39 Å². The van der Waals surface area contributed by atoms with Crippen LogP contribution in [0.1, 0.15) is 55.3 Å². The summed E-state index contributed by atoms with van der Waals surface area (Å²) in [4.78, 5) is 15.5. The molecular weight excluding hydrogens is 383 g/mol. The van der Waals surface area contributed by atoms with Crippen LogP contribution in [-0.2, 0) is 0 Å². The maximum Gasteiger partial charge on any atom is 0.160 e. The molecule has 0 saturated heterocycles. The monoisotopic (exact) mass is 408 g/mol. The molecule has 2 aliphatic rings. The summed E-state index contributed by atoms with van der Waals surface area (Å²) in [5.41, 5.74) is 3.20. The SMILES string of the molecule is CSC1=NC(c2ccc(F)cc2)C(c2ccnc3[nH]ccc23)N1C1CCCCC1. The Morgan fingerprint density at radius 2 is 1.86 bits per heavy atom. The number of H-pyrrole nitrogens is 1. The third-order valence-corrected chi connectivity index (χ3v) is 6.93. The number of fused-ring (bicyclic) bond motifs is 1. The molecule has 1 N–H and O–H groups in total. The summed E-state index contributed by atoms with van der Waals surface area (Å²) in [6.45, 7) is 0. The number of aliphatic imine (C=N–C) groups is 1. The number of halogens is 1. The molecule has 1 saturated carbocycles. The van der Waals surface area contributed by atoms with E-state index in [1.54, 1.807) is 23.9 Å². The zero-order valence-corrected chi connectivity index (χ0v) is 17.3. The molecule has 150 valence electrons. The van der Waals surface area contributed by atoms with Crippen LogP contribution in [0.5, 0.6) is 0 Å². The Hall–Kier alpha value is -2.34. The molecule has 1 fully saturated rings. The molecule has 1 aromatic carbocycles. The highest BCUT2D eigenvalue weighted by atomic mass is 32.2. The molecule has 0 radical (unpaired) electrons. The van der Waals surface area contributed by atoms with Crippen molar-refractivity contribution in [2.24, 2.45) is 4.99 Å². The Bertz CT molecular complexity index is 1020. The Balaban J connectivity index is 1.65. The van der Waals surface area contributed by atoms with Crippen LogP contribution in [0, 0.1) is 5.82 Å². The maximum atomic E-state index is 13.6. The zero-order valence-electron chi connectivity index (χ0n) is 16.5. The molecule has 2 unspecified atom stereocenters. The van der Waals surface area contributed by atoms with Crippen molar-refractivity contribution in [3.8, 4) is 0 Å². The number of rotatable bonds is 3. The number of benzene rings is 1. The van der Waals surface area contributed by atoms with Crippen LogP contribution in [0.2, 0.25) is 0 Å². The van der Waals surface area contributed by atoms with E-state index in [1.807, 2.05) is 24.5 Å². The first-order valence-electron chi connectivity index (χ1n) is 10.3. The van der Waals surface area contributed by atoms with Gasteiger partial charge >= 0.3 is 0 Å². The lowest BCUT2D eigenvalue weighted by atomic mass is 9.88. The predicted octanol–water partition coefficient (Wildman–Crippen LogP) is 5.85. The van der Waals surface area contributed by atoms with Gasteiger partial charge in [0.15, 0.2) is 5.17 Å². The molecule has 1 aliphatic heterocycles. The summed E-state index contributed by atoms with van der Waals surface area (Å²) < 4.78 is 13.6. The standard InChI is InChI=1S/C23H25FN4S/c1-29-23-27-20(15-7-9-16(24)10-8-15)21(28(23)17-5-3-2-4-6-17)18-11-13-25-22-19(18)12-14-26-22/h7-14,17,20-21H,2-6H2,1H3,(H,25,26). The smallest absolute Gasteiger partial charge is 0.160 e. The number of nitrogens with one attached hydrogen (secondary N) is 1. The molecule has 4 nitrogen and oxygen atoms in total. The average Bonchev–Trinajstić information content (AvgIpc) is 3.39. The minimum absolute atomic E-state index is 0.0551. The first kappa shape index (κ1) is 18.7. The summed E-state index contributed by atoms with van der Waals surface area (Å²) in [5, 5.41) is 2.24. The Morgan fingerprint density at radius 3 is 2.62 bits per heavy atom. The van der Waals surface area contributed by atoms with Gasteiger partial charge in [-0.15, -0.1) is 0 Å². The van der Waals surface area contributed by atoms with Gasteiger partial charge in [0, 0.05) is 23.8 Å². The maximum absolute atomic E-state index is 13.6. The number of thioether (sulfide) groups is 1. The van der Waals surface area contributed by atoms with Crippen molar-refractivity contribution in [1.82, 2.24) is 14.9 Å². The van der Waals surface area contributed by atoms with Gasteiger partial charge in [0.05, 0.1) is 6.04 Å². The van der Waals surface area contributed by atoms with E-state index in [-0.39, 0.29) is 17.9 Å². The highest BCUT2D eigenvalue weighted by Crippen LogP contribution is 2.48. The Kier molecular flexibility index (Phi) is 5.04. The molecule has 3 aromatic rings. The van der Waals surface area contributed by atoms with Gasteiger partial charge in [-0.25, -0.2) is 9.37 Å². The van der Waals surface area contributed by atoms with Gasteiger partial charge in [0.25, 0.3) is 0 Å². The number of hydrogen-bond acceptors (Lipinski definition) is 4. The van der Waals surface area contributed by atoms with Crippen molar-refractivity contribution >= 4 is 28.0 Å². The Morgan fingerprint density at radius 1 is 1.07 bits per heavy atom. The number of pyridine rings is 1. The third kappa shape index (κ3) is 3.33. The van der Waals surface area contributed by atoms with Crippen LogP contribution < -0.4 is 0 Å². The van der Waals surface area contributed by atoms with Crippen molar-refractivity contribution in [3.63, 3.8) is 0 Å². The molecule has 5 rings (SSSR count). The van der Waals surface area contributed by atoms with Crippen molar-refractivity contribution in [3.05, 3.63) is 65.7 Å². The van der Waals surface area contributed by atoms with Crippen molar-refractivity contribution < 1.29 is 4.39 Å². The lowest BCUT2D eigenvalue weighted by Gasteiger charge is -2.39. The normalized spacial score (nSPS) is 23.0. The zero-order chi connectivity index (χ0) is 19.8. The van der Waals surface area contributed by atoms with Gasteiger partial charge < -0.3 is 9.88 Å². The number of nitrogens with zero attached hydrogens (tertiary/aromatic N) is 3. The van der Waals surface area contributed by atoms with E-state index in [0.29, 0.717) is 6.04 Å². The molecule has 3 heterocycles. The molecule has 0 spiro atoms. The molecule has 2 aromatic heterocycles. The van der Waals surface area contributed by atoms with Gasteiger partial charge in [-0.2, -0.15) is 0 Å². The lowest BCUT2D eigenvalue weighted by Crippen LogP contribution is -2.40. The second-order valence-corrected chi connectivity index (χ2v) is 8.67. The van der Waals surface area contributed by atoms with Crippen LogP contribution in [0.25, 0.3) is 11.0 Å². The third-order valence-electron chi connectivity index (χ3n) is 6.24. The fourth-order valence-electron chi connectivity index (χ4n) is 4.90. The topological polar surface area (TPSA) is 44.3 Å². The molecule has 6 heteroatoms. The molecular formula is C23H25FN4S.